The number of halogens is 1. The van der Waals surface area contributed by atoms with Gasteiger partial charge in [0.25, 0.3) is 0 Å². The normalized spacial score (nSPS) is 25.1. The largest absolute Gasteiger partial charge is 0.317 e. The fourth-order valence-electron chi connectivity index (χ4n) is 2.69. The Kier molecular flexibility index (Phi) is 4.86. The first-order chi connectivity index (χ1) is 7.81. The lowest BCUT2D eigenvalue weighted by Gasteiger charge is -2.19. The summed E-state index contributed by atoms with van der Waals surface area (Å²) in [7, 11) is 0. The van der Waals surface area contributed by atoms with Crippen LogP contribution < -0.4 is 5.32 Å². The molecule has 0 amide bonds. The van der Waals surface area contributed by atoms with Gasteiger partial charge in [-0.1, -0.05) is 13.3 Å². The maximum Gasteiger partial charge on any atom is 0.0314 e. The lowest BCUT2D eigenvalue weighted by atomic mass is 9.92. The van der Waals surface area contributed by atoms with Crippen LogP contribution in [0.3, 0.4) is 0 Å². The number of hydrogen-bond donors (Lipinski definition) is 1. The molecule has 90 valence electrons. The molecular formula is C13H20BrNS. The van der Waals surface area contributed by atoms with Crippen LogP contribution in [0, 0.1) is 11.8 Å². The van der Waals surface area contributed by atoms with E-state index in [1.807, 2.05) is 11.3 Å². The maximum absolute atomic E-state index is 3.64. The van der Waals surface area contributed by atoms with Gasteiger partial charge in [0.05, 0.1) is 0 Å². The van der Waals surface area contributed by atoms with Gasteiger partial charge in [0.15, 0.2) is 0 Å². The minimum Gasteiger partial charge on any atom is -0.317 e. The van der Waals surface area contributed by atoms with Gasteiger partial charge in [0, 0.05) is 9.35 Å². The van der Waals surface area contributed by atoms with Crippen molar-refractivity contribution in [3.63, 3.8) is 0 Å². The van der Waals surface area contributed by atoms with Gasteiger partial charge in [-0.05, 0) is 71.6 Å². The highest BCUT2D eigenvalue weighted by molar-refractivity contribution is 9.10. The molecule has 1 nitrogen and oxygen atoms in total. The molecule has 1 saturated carbocycles. The van der Waals surface area contributed by atoms with Crippen LogP contribution in [-0.2, 0) is 6.42 Å². The van der Waals surface area contributed by atoms with E-state index in [-0.39, 0.29) is 0 Å². The predicted octanol–water partition coefficient (Wildman–Crippen LogP) is 4.08. The van der Waals surface area contributed by atoms with Crippen LogP contribution in [0.2, 0.25) is 0 Å². The Labute approximate surface area is 111 Å². The van der Waals surface area contributed by atoms with Crippen molar-refractivity contribution in [3.8, 4) is 0 Å². The Balaban J connectivity index is 1.91. The Hall–Kier alpha value is 0.140. The number of rotatable bonds is 5. The third-order valence-corrected chi connectivity index (χ3v) is 5.56. The van der Waals surface area contributed by atoms with Crippen LogP contribution in [0.15, 0.2) is 15.9 Å². The highest BCUT2D eigenvalue weighted by Gasteiger charge is 2.27. The molecule has 1 N–H and O–H groups in total. The fourth-order valence-corrected chi connectivity index (χ4v) is 4.30. The van der Waals surface area contributed by atoms with Gasteiger partial charge in [0.2, 0.25) is 0 Å². The van der Waals surface area contributed by atoms with Gasteiger partial charge in [-0.15, -0.1) is 11.3 Å². The van der Waals surface area contributed by atoms with E-state index in [0.717, 1.165) is 18.4 Å². The molecule has 1 heterocycles. The summed E-state index contributed by atoms with van der Waals surface area (Å²) in [6, 6.07) is 2.17. The topological polar surface area (TPSA) is 12.0 Å². The van der Waals surface area contributed by atoms with E-state index in [1.54, 1.807) is 0 Å². The van der Waals surface area contributed by atoms with E-state index in [2.05, 4.69) is 39.6 Å². The molecule has 1 aliphatic rings. The molecule has 0 saturated heterocycles. The molecule has 3 heteroatoms. The Morgan fingerprint density at radius 1 is 1.44 bits per heavy atom. The molecule has 1 aliphatic carbocycles. The zero-order chi connectivity index (χ0) is 11.4. The summed E-state index contributed by atoms with van der Waals surface area (Å²) in [6.45, 7) is 4.51. The van der Waals surface area contributed by atoms with E-state index in [1.165, 1.54) is 41.6 Å². The molecule has 2 rings (SSSR count). The summed E-state index contributed by atoms with van der Waals surface area (Å²) >= 11 is 5.54. The van der Waals surface area contributed by atoms with Gasteiger partial charge in [-0.2, -0.15) is 0 Å². The second-order valence-corrected chi connectivity index (χ2v) is 6.51. The molecule has 1 aromatic heterocycles. The monoisotopic (exact) mass is 301 g/mol. The summed E-state index contributed by atoms with van der Waals surface area (Å²) in [4.78, 5) is 1.54. The highest BCUT2D eigenvalue weighted by atomic mass is 79.9. The van der Waals surface area contributed by atoms with Crippen LogP contribution in [0.4, 0.5) is 0 Å². The van der Waals surface area contributed by atoms with Crippen molar-refractivity contribution in [2.24, 2.45) is 11.8 Å². The van der Waals surface area contributed by atoms with E-state index in [9.17, 15) is 0 Å². The van der Waals surface area contributed by atoms with Crippen molar-refractivity contribution in [2.45, 2.75) is 32.6 Å². The van der Waals surface area contributed by atoms with E-state index < -0.39 is 0 Å². The van der Waals surface area contributed by atoms with Crippen LogP contribution in [0.25, 0.3) is 0 Å². The van der Waals surface area contributed by atoms with Gasteiger partial charge >= 0.3 is 0 Å². The SMILES string of the molecule is CCNCC1CCCC1Cc1sccc1Br. The minimum atomic E-state index is 0.897. The Morgan fingerprint density at radius 2 is 2.25 bits per heavy atom. The highest BCUT2D eigenvalue weighted by Crippen LogP contribution is 2.36. The fraction of sp³-hybridized carbons (Fsp3) is 0.692. The summed E-state index contributed by atoms with van der Waals surface area (Å²) in [5.41, 5.74) is 0. The second-order valence-electron chi connectivity index (χ2n) is 4.65. The first-order valence-corrected chi connectivity index (χ1v) is 7.91. The van der Waals surface area contributed by atoms with Crippen molar-refractivity contribution < 1.29 is 0 Å². The summed E-state index contributed by atoms with van der Waals surface area (Å²) < 4.78 is 1.31. The second kappa shape index (κ2) is 6.18. The average Bonchev–Trinajstić information content (AvgIpc) is 2.87. The molecule has 0 bridgehead atoms. The van der Waals surface area contributed by atoms with Crippen molar-refractivity contribution in [1.29, 1.82) is 0 Å². The zero-order valence-corrected chi connectivity index (χ0v) is 12.2. The smallest absolute Gasteiger partial charge is 0.0314 e. The summed E-state index contributed by atoms with van der Waals surface area (Å²) in [5, 5.41) is 5.69. The van der Waals surface area contributed by atoms with Crippen LogP contribution in [-0.4, -0.2) is 13.1 Å². The third-order valence-electron chi connectivity index (χ3n) is 3.61. The average molecular weight is 302 g/mol. The molecule has 1 aromatic rings. The third kappa shape index (κ3) is 3.08. The minimum absolute atomic E-state index is 0.897. The van der Waals surface area contributed by atoms with Crippen LogP contribution >= 0.6 is 27.3 Å². The van der Waals surface area contributed by atoms with Gasteiger partial charge in [0.1, 0.15) is 0 Å². The number of nitrogens with one attached hydrogen (secondary N) is 1. The van der Waals surface area contributed by atoms with E-state index >= 15 is 0 Å². The standard InChI is InChI=1S/C13H20BrNS/c1-2-15-9-11-5-3-4-10(11)8-13-12(14)6-7-16-13/h6-7,10-11,15H,2-5,8-9H2,1H3. The summed E-state index contributed by atoms with van der Waals surface area (Å²) in [6.07, 6.45) is 5.53. The summed E-state index contributed by atoms with van der Waals surface area (Å²) in [5.74, 6) is 1.79. The molecule has 2 unspecified atom stereocenters. The first-order valence-electron chi connectivity index (χ1n) is 6.23. The van der Waals surface area contributed by atoms with Crippen LogP contribution in [0.5, 0.6) is 0 Å². The van der Waals surface area contributed by atoms with Crippen molar-refractivity contribution in [1.82, 2.24) is 5.32 Å². The molecule has 0 aromatic carbocycles. The zero-order valence-electron chi connectivity index (χ0n) is 9.84. The lowest BCUT2D eigenvalue weighted by Crippen LogP contribution is -2.25. The first kappa shape index (κ1) is 12.6. The quantitative estimate of drug-likeness (QED) is 0.864. The van der Waals surface area contributed by atoms with E-state index in [0.29, 0.717) is 0 Å². The Morgan fingerprint density at radius 3 is 2.94 bits per heavy atom. The van der Waals surface area contributed by atoms with Gasteiger partial charge in [-0.3, -0.25) is 0 Å². The van der Waals surface area contributed by atoms with Crippen molar-refractivity contribution in [3.05, 3.63) is 20.8 Å². The maximum atomic E-state index is 3.64. The molecule has 0 spiro atoms. The molecular weight excluding hydrogens is 282 g/mol. The molecule has 1 fully saturated rings. The Bertz CT molecular complexity index is 323. The van der Waals surface area contributed by atoms with Crippen molar-refractivity contribution in [2.75, 3.05) is 13.1 Å². The van der Waals surface area contributed by atoms with Crippen molar-refractivity contribution >= 4 is 27.3 Å². The molecule has 2 atom stereocenters. The van der Waals surface area contributed by atoms with E-state index in [4.69, 9.17) is 0 Å². The van der Waals surface area contributed by atoms with Gasteiger partial charge < -0.3 is 5.32 Å². The van der Waals surface area contributed by atoms with Gasteiger partial charge in [-0.25, -0.2) is 0 Å². The molecule has 0 radical (unpaired) electrons. The lowest BCUT2D eigenvalue weighted by molar-refractivity contribution is 0.369. The number of thiophene rings is 1. The predicted molar refractivity (Wildman–Crippen MR) is 75.1 cm³/mol. The molecule has 16 heavy (non-hydrogen) atoms. The van der Waals surface area contributed by atoms with Crippen LogP contribution in [0.1, 0.15) is 31.1 Å². The molecule has 0 aliphatic heterocycles. The number of hydrogen-bond acceptors (Lipinski definition) is 2.